The molecule has 3 unspecified atom stereocenters. The summed E-state index contributed by atoms with van der Waals surface area (Å²) in [7, 11) is 0. The predicted octanol–water partition coefficient (Wildman–Crippen LogP) is 0.809. The van der Waals surface area contributed by atoms with Crippen LogP contribution in [0.5, 0.6) is 0 Å². The van der Waals surface area contributed by atoms with E-state index in [2.05, 4.69) is 16.0 Å². The van der Waals surface area contributed by atoms with Crippen molar-refractivity contribution in [3.8, 4) is 11.1 Å². The summed E-state index contributed by atoms with van der Waals surface area (Å²) in [5.74, 6) is -8.08. The van der Waals surface area contributed by atoms with Gasteiger partial charge in [-0.2, -0.15) is 0 Å². The molecule has 6 rings (SSSR count). The first kappa shape index (κ1) is 38.3. The first-order valence-corrected chi connectivity index (χ1v) is 17.7. The number of carboxylic acids is 1. The van der Waals surface area contributed by atoms with Crippen LogP contribution in [0.1, 0.15) is 58.1 Å². The van der Waals surface area contributed by atoms with Crippen LogP contribution >= 0.6 is 0 Å². The van der Waals surface area contributed by atoms with E-state index in [4.69, 9.17) is 15.6 Å². The van der Waals surface area contributed by atoms with Crippen molar-refractivity contribution in [1.82, 2.24) is 20.9 Å². The molecule has 1 heterocycles. The molecule has 0 spiro atoms. The molecule has 1 saturated carbocycles. The highest BCUT2D eigenvalue weighted by Gasteiger charge is 2.54. The fraction of sp³-hybridized carbons (Fsp3) is 0.333. The van der Waals surface area contributed by atoms with Crippen molar-refractivity contribution in [3.05, 3.63) is 95.1 Å². The first-order valence-electron chi connectivity index (χ1n) is 17.7. The third-order valence-corrected chi connectivity index (χ3v) is 10.3. The van der Waals surface area contributed by atoms with Crippen LogP contribution in [0.3, 0.4) is 0 Å². The van der Waals surface area contributed by atoms with Crippen molar-refractivity contribution in [3.63, 3.8) is 0 Å². The Morgan fingerprint density at radius 1 is 0.818 bits per heavy atom. The van der Waals surface area contributed by atoms with E-state index in [1.54, 1.807) is 0 Å². The van der Waals surface area contributed by atoms with Crippen LogP contribution in [0.25, 0.3) is 11.1 Å². The third-order valence-electron chi connectivity index (χ3n) is 10.3. The number of imide groups is 1. The monoisotopic (exact) mass is 753 g/mol. The number of nitrogens with one attached hydrogen (secondary N) is 3. The molecular formula is C39H39N5O11. The van der Waals surface area contributed by atoms with E-state index in [1.165, 1.54) is 24.3 Å². The fourth-order valence-electron chi connectivity index (χ4n) is 7.63. The summed E-state index contributed by atoms with van der Waals surface area (Å²) >= 11 is 0. The van der Waals surface area contributed by atoms with E-state index in [9.17, 15) is 43.5 Å². The van der Waals surface area contributed by atoms with Gasteiger partial charge in [-0.05, 0) is 39.9 Å². The molecule has 6 amide bonds. The molecule has 3 aromatic carbocycles. The molecule has 0 bridgehead atoms. The number of carbonyl (C=O) groups excluding carboxylic acids is 7. The van der Waals surface area contributed by atoms with Crippen molar-refractivity contribution < 1.29 is 53.3 Å². The number of likely N-dealkylation sites (tertiary alicyclic amines) is 1. The Balaban J connectivity index is 1.04. The Morgan fingerprint density at radius 2 is 1.44 bits per heavy atom. The standard InChI is InChI=1S/C39H39N5O11/c40-34(49)30(17-32(47)48)42-36(51)31(18-45)43-35(50)21-11-9-20(10-12-21)27-15-22(46)16-28-33(27)38(53)44(37(28)52)14-13-41-39(54)55-19-29-25-7-3-1-5-23(25)24-6-2-4-8-26(24)29/h1-12,27-31,33,45H,13-19H2,(H2,40,49)(H,41,54)(H,42,51)(H,43,50)(H,47,48)/t27?,28?,30-,31-,33?/m0/s1. The molecule has 2 aliphatic carbocycles. The largest absolute Gasteiger partial charge is 0.481 e. The van der Waals surface area contributed by atoms with Crippen LogP contribution in [0.4, 0.5) is 4.79 Å². The number of rotatable bonds is 14. The molecule has 286 valence electrons. The van der Waals surface area contributed by atoms with E-state index >= 15 is 0 Å². The highest BCUT2D eigenvalue weighted by atomic mass is 16.5. The van der Waals surface area contributed by atoms with Crippen molar-refractivity contribution in [2.75, 3.05) is 26.3 Å². The van der Waals surface area contributed by atoms with E-state index in [0.29, 0.717) is 5.56 Å². The summed E-state index contributed by atoms with van der Waals surface area (Å²) in [4.78, 5) is 102. The Labute approximate surface area is 314 Å². The maximum Gasteiger partial charge on any atom is 0.407 e. The summed E-state index contributed by atoms with van der Waals surface area (Å²) in [6.07, 6.45) is -1.61. The number of aliphatic hydroxyl groups excluding tert-OH is 1. The minimum absolute atomic E-state index is 0.0122. The zero-order valence-electron chi connectivity index (χ0n) is 29.4. The topological polar surface area (TPSA) is 252 Å². The Bertz CT molecular complexity index is 2010. The zero-order valence-corrected chi connectivity index (χ0v) is 29.4. The number of carbonyl (C=O) groups is 8. The van der Waals surface area contributed by atoms with Crippen LogP contribution in [-0.2, 0) is 33.5 Å². The summed E-state index contributed by atoms with van der Waals surface area (Å²) in [5.41, 5.74) is 9.99. The second-order valence-corrected chi connectivity index (χ2v) is 13.7. The lowest BCUT2D eigenvalue weighted by molar-refractivity contribution is -0.141. The van der Waals surface area contributed by atoms with Gasteiger partial charge >= 0.3 is 12.1 Å². The lowest BCUT2D eigenvalue weighted by Gasteiger charge is -2.30. The molecule has 16 heteroatoms. The maximum atomic E-state index is 13.7. The van der Waals surface area contributed by atoms with Crippen LogP contribution in [0.2, 0.25) is 0 Å². The molecular weight excluding hydrogens is 714 g/mol. The van der Waals surface area contributed by atoms with Gasteiger partial charge < -0.3 is 36.6 Å². The number of amides is 6. The third kappa shape index (κ3) is 8.08. The number of alkyl carbamates (subject to hydrolysis) is 1. The smallest absolute Gasteiger partial charge is 0.407 e. The number of nitrogens with zero attached hydrogens (tertiary/aromatic N) is 1. The molecule has 2 fully saturated rings. The second kappa shape index (κ2) is 16.3. The number of aliphatic hydroxyl groups is 1. The van der Waals surface area contributed by atoms with Gasteiger partial charge in [0.15, 0.2) is 0 Å². The number of ketones is 1. The van der Waals surface area contributed by atoms with E-state index in [1.807, 2.05) is 48.5 Å². The highest BCUT2D eigenvalue weighted by molar-refractivity contribution is 6.08. The number of primary amides is 1. The van der Waals surface area contributed by atoms with Gasteiger partial charge in [0.25, 0.3) is 5.91 Å². The van der Waals surface area contributed by atoms with Gasteiger partial charge in [-0.15, -0.1) is 0 Å². The number of carboxylic acid groups (broad SMARTS) is 1. The molecule has 1 saturated heterocycles. The zero-order chi connectivity index (χ0) is 39.4. The summed E-state index contributed by atoms with van der Waals surface area (Å²) in [6, 6.07) is 18.6. The van der Waals surface area contributed by atoms with Gasteiger partial charge in [0.1, 0.15) is 24.5 Å². The summed E-state index contributed by atoms with van der Waals surface area (Å²) in [5, 5.41) is 25.7. The molecule has 3 aliphatic rings. The Morgan fingerprint density at radius 3 is 2.04 bits per heavy atom. The van der Waals surface area contributed by atoms with E-state index < -0.39 is 84.5 Å². The Kier molecular flexibility index (Phi) is 11.4. The summed E-state index contributed by atoms with van der Waals surface area (Å²) in [6.45, 7) is -0.967. The van der Waals surface area contributed by atoms with Gasteiger partial charge in [-0.3, -0.25) is 38.5 Å². The van der Waals surface area contributed by atoms with Gasteiger partial charge in [0.2, 0.25) is 23.6 Å². The Hall–Kier alpha value is -6.42. The number of hydrogen-bond donors (Lipinski definition) is 6. The molecule has 0 aromatic heterocycles. The van der Waals surface area contributed by atoms with Gasteiger partial charge in [0, 0.05) is 43.3 Å². The number of Topliss-reactive ketones (excluding diaryl/α,β-unsaturated/α-hetero) is 1. The van der Waals surface area contributed by atoms with Crippen molar-refractivity contribution in [2.24, 2.45) is 17.6 Å². The van der Waals surface area contributed by atoms with Gasteiger partial charge in [-0.25, -0.2) is 4.79 Å². The van der Waals surface area contributed by atoms with Crippen LogP contribution in [-0.4, -0.2) is 101 Å². The summed E-state index contributed by atoms with van der Waals surface area (Å²) < 4.78 is 5.56. The van der Waals surface area contributed by atoms with Crippen LogP contribution < -0.4 is 21.7 Å². The number of fused-ring (bicyclic) bond motifs is 4. The normalized spacial score (nSPS) is 19.8. The number of benzene rings is 3. The molecule has 16 nitrogen and oxygen atoms in total. The maximum absolute atomic E-state index is 13.7. The van der Waals surface area contributed by atoms with E-state index in [0.717, 1.165) is 27.2 Å². The predicted molar refractivity (Wildman–Crippen MR) is 192 cm³/mol. The molecule has 55 heavy (non-hydrogen) atoms. The molecule has 7 N–H and O–H groups in total. The van der Waals surface area contributed by atoms with Crippen molar-refractivity contribution in [1.29, 1.82) is 0 Å². The van der Waals surface area contributed by atoms with Gasteiger partial charge in [0.05, 0.1) is 24.9 Å². The second-order valence-electron chi connectivity index (χ2n) is 13.7. The molecule has 1 aliphatic heterocycles. The minimum atomic E-state index is -1.57. The molecule has 5 atom stereocenters. The van der Waals surface area contributed by atoms with E-state index in [-0.39, 0.29) is 49.8 Å². The number of aliphatic carboxylic acids is 1. The highest BCUT2D eigenvalue weighted by Crippen LogP contribution is 2.46. The van der Waals surface area contributed by atoms with Gasteiger partial charge in [-0.1, -0.05) is 60.7 Å². The molecule has 3 aromatic rings. The van der Waals surface area contributed by atoms with Crippen molar-refractivity contribution >= 4 is 47.4 Å². The van der Waals surface area contributed by atoms with Crippen LogP contribution in [0, 0.1) is 11.8 Å². The average molecular weight is 754 g/mol. The molecule has 0 radical (unpaired) electrons. The SMILES string of the molecule is NC(=O)[C@H](CC(=O)O)NC(=O)[C@H](CO)NC(=O)c1ccc(C2CC(=O)CC3C(=O)N(CCNC(=O)OCC4c5ccccc5-c5ccccc54)C(=O)C32)cc1. The number of hydrogen-bond acceptors (Lipinski definition) is 10. The van der Waals surface area contributed by atoms with Crippen LogP contribution in [0.15, 0.2) is 72.8 Å². The number of nitrogens with two attached hydrogens (primary N) is 1. The first-order chi connectivity index (χ1) is 26.4. The lowest BCUT2D eigenvalue weighted by Crippen LogP contribution is -2.54. The average Bonchev–Trinajstić information content (AvgIpc) is 3.61. The minimum Gasteiger partial charge on any atom is -0.481 e. The van der Waals surface area contributed by atoms with Crippen molar-refractivity contribution in [2.45, 2.75) is 43.2 Å². The number of ether oxygens (including phenoxy) is 1. The lowest BCUT2D eigenvalue weighted by atomic mass is 9.70. The quantitative estimate of drug-likeness (QED) is 0.126. The fourth-order valence-corrected chi connectivity index (χ4v) is 7.63.